The average molecular weight is 270 g/mol. The van der Waals surface area contributed by atoms with Gasteiger partial charge in [0.05, 0.1) is 6.61 Å². The van der Waals surface area contributed by atoms with Crippen LogP contribution in [0.3, 0.4) is 0 Å². The van der Waals surface area contributed by atoms with Gasteiger partial charge < -0.3 is 10.8 Å². The summed E-state index contributed by atoms with van der Waals surface area (Å²) in [6, 6.07) is 8.07. The maximum Gasteiger partial charge on any atom is 0.122 e. The maximum absolute atomic E-state index is 9.25. The highest BCUT2D eigenvalue weighted by atomic mass is 35.5. The second-order valence-electron chi connectivity index (χ2n) is 4.56. The van der Waals surface area contributed by atoms with Crippen molar-refractivity contribution >= 4 is 18.2 Å². The number of hydrogen-bond donors (Lipinski definition) is 3. The first-order valence-electron chi connectivity index (χ1n) is 5.99. The van der Waals surface area contributed by atoms with Gasteiger partial charge in [0.2, 0.25) is 0 Å². The molecule has 1 aromatic rings. The molecule has 18 heavy (non-hydrogen) atoms. The van der Waals surface area contributed by atoms with Crippen molar-refractivity contribution in [1.29, 1.82) is 5.41 Å². The van der Waals surface area contributed by atoms with Gasteiger partial charge in [-0.05, 0) is 24.9 Å². The molecular weight excluding hydrogens is 250 g/mol. The number of rotatable bonds is 4. The highest BCUT2D eigenvalue weighted by Crippen LogP contribution is 2.19. The Labute approximate surface area is 114 Å². The number of benzene rings is 1. The third kappa shape index (κ3) is 3.45. The van der Waals surface area contributed by atoms with Crippen LogP contribution in [0.25, 0.3) is 0 Å². The minimum atomic E-state index is 0. The Morgan fingerprint density at radius 1 is 1.39 bits per heavy atom. The SMILES string of the molecule is Cl.N=C(N)c1ccc(CN2CCCC2CO)cc1. The minimum absolute atomic E-state index is 0. The van der Waals surface area contributed by atoms with E-state index in [0.29, 0.717) is 6.04 Å². The summed E-state index contributed by atoms with van der Waals surface area (Å²) >= 11 is 0. The van der Waals surface area contributed by atoms with Gasteiger partial charge in [-0.15, -0.1) is 12.4 Å². The first kappa shape index (κ1) is 15.0. The van der Waals surface area contributed by atoms with E-state index in [-0.39, 0.29) is 24.8 Å². The molecule has 1 heterocycles. The highest BCUT2D eigenvalue weighted by molar-refractivity contribution is 5.94. The molecule has 0 aliphatic carbocycles. The summed E-state index contributed by atoms with van der Waals surface area (Å²) in [7, 11) is 0. The van der Waals surface area contributed by atoms with Crippen LogP contribution in [0.15, 0.2) is 24.3 Å². The molecule has 0 saturated carbocycles. The fraction of sp³-hybridized carbons (Fsp3) is 0.462. The molecule has 1 fully saturated rings. The van der Waals surface area contributed by atoms with Gasteiger partial charge >= 0.3 is 0 Å². The Morgan fingerprint density at radius 3 is 2.61 bits per heavy atom. The second kappa shape index (κ2) is 6.73. The van der Waals surface area contributed by atoms with Gasteiger partial charge in [-0.3, -0.25) is 10.3 Å². The van der Waals surface area contributed by atoms with Crippen LogP contribution in [0.1, 0.15) is 24.0 Å². The molecule has 1 saturated heterocycles. The van der Waals surface area contributed by atoms with Crippen LogP contribution >= 0.6 is 12.4 Å². The molecule has 0 bridgehead atoms. The number of nitrogen functional groups attached to an aromatic ring is 1. The third-order valence-corrected chi connectivity index (χ3v) is 3.36. The second-order valence-corrected chi connectivity index (χ2v) is 4.56. The van der Waals surface area contributed by atoms with E-state index in [4.69, 9.17) is 11.1 Å². The van der Waals surface area contributed by atoms with Crippen molar-refractivity contribution in [3.63, 3.8) is 0 Å². The van der Waals surface area contributed by atoms with Crippen molar-refractivity contribution in [2.24, 2.45) is 5.73 Å². The summed E-state index contributed by atoms with van der Waals surface area (Å²) in [5.74, 6) is 0.103. The first-order valence-corrected chi connectivity index (χ1v) is 5.99. The number of halogens is 1. The van der Waals surface area contributed by atoms with Crippen LogP contribution in [-0.2, 0) is 6.54 Å². The van der Waals surface area contributed by atoms with E-state index in [2.05, 4.69) is 4.90 Å². The Bertz CT molecular complexity index is 394. The lowest BCUT2D eigenvalue weighted by Crippen LogP contribution is -2.31. The van der Waals surface area contributed by atoms with Crippen molar-refractivity contribution in [1.82, 2.24) is 4.90 Å². The molecule has 100 valence electrons. The van der Waals surface area contributed by atoms with E-state index in [1.165, 1.54) is 5.56 Å². The van der Waals surface area contributed by atoms with E-state index in [1.807, 2.05) is 24.3 Å². The van der Waals surface area contributed by atoms with E-state index in [0.717, 1.165) is 31.5 Å². The quantitative estimate of drug-likeness (QED) is 0.571. The van der Waals surface area contributed by atoms with Crippen LogP contribution in [0.2, 0.25) is 0 Å². The van der Waals surface area contributed by atoms with E-state index in [1.54, 1.807) is 0 Å². The standard InChI is InChI=1S/C13H19N3O.ClH/c14-13(15)11-5-3-10(4-6-11)8-16-7-1-2-12(16)9-17;/h3-6,12,17H,1-2,7-9H2,(H3,14,15);1H. The topological polar surface area (TPSA) is 73.3 Å². The van der Waals surface area contributed by atoms with Gasteiger partial charge in [-0.25, -0.2) is 0 Å². The van der Waals surface area contributed by atoms with Crippen molar-refractivity contribution in [2.75, 3.05) is 13.2 Å². The van der Waals surface area contributed by atoms with Gasteiger partial charge in [0.1, 0.15) is 5.84 Å². The summed E-state index contributed by atoms with van der Waals surface area (Å²) in [6.45, 7) is 2.16. The maximum atomic E-state index is 9.25. The van der Waals surface area contributed by atoms with Gasteiger partial charge in [0.15, 0.2) is 0 Å². The van der Waals surface area contributed by atoms with Crippen LogP contribution in [0, 0.1) is 5.41 Å². The van der Waals surface area contributed by atoms with Crippen LogP contribution in [0.5, 0.6) is 0 Å². The lowest BCUT2D eigenvalue weighted by atomic mass is 10.1. The van der Waals surface area contributed by atoms with Gasteiger partial charge in [0, 0.05) is 18.2 Å². The van der Waals surface area contributed by atoms with E-state index >= 15 is 0 Å². The van der Waals surface area contributed by atoms with E-state index in [9.17, 15) is 5.11 Å². The highest BCUT2D eigenvalue weighted by Gasteiger charge is 2.23. The normalized spacial score (nSPS) is 19.5. The van der Waals surface area contributed by atoms with Crippen molar-refractivity contribution in [3.8, 4) is 0 Å². The van der Waals surface area contributed by atoms with Gasteiger partial charge in [-0.1, -0.05) is 24.3 Å². The summed E-state index contributed by atoms with van der Waals surface area (Å²) < 4.78 is 0. The zero-order valence-corrected chi connectivity index (χ0v) is 11.1. The summed E-state index contributed by atoms with van der Waals surface area (Å²) in [5.41, 5.74) is 7.37. The molecule has 1 atom stereocenters. The summed E-state index contributed by atoms with van der Waals surface area (Å²) in [4.78, 5) is 2.31. The van der Waals surface area contributed by atoms with E-state index < -0.39 is 0 Å². The number of nitrogens with zero attached hydrogens (tertiary/aromatic N) is 1. The molecule has 2 rings (SSSR count). The number of nitrogens with one attached hydrogen (secondary N) is 1. The predicted molar refractivity (Wildman–Crippen MR) is 75.2 cm³/mol. The number of likely N-dealkylation sites (tertiary alicyclic amines) is 1. The molecule has 5 heteroatoms. The summed E-state index contributed by atoms with van der Waals surface area (Å²) in [6.07, 6.45) is 2.25. The molecule has 4 N–H and O–H groups in total. The van der Waals surface area contributed by atoms with Gasteiger partial charge in [0.25, 0.3) is 0 Å². The lowest BCUT2D eigenvalue weighted by Gasteiger charge is -2.22. The molecule has 1 aliphatic rings. The Balaban J connectivity index is 0.00000162. The molecule has 0 radical (unpaired) electrons. The molecule has 1 aromatic carbocycles. The molecular formula is C13H20ClN3O. The number of amidine groups is 1. The minimum Gasteiger partial charge on any atom is -0.395 e. The van der Waals surface area contributed by atoms with Gasteiger partial charge in [-0.2, -0.15) is 0 Å². The zero-order chi connectivity index (χ0) is 12.3. The van der Waals surface area contributed by atoms with Crippen molar-refractivity contribution < 1.29 is 5.11 Å². The molecule has 0 aromatic heterocycles. The molecule has 4 nitrogen and oxygen atoms in total. The third-order valence-electron chi connectivity index (χ3n) is 3.36. The van der Waals surface area contributed by atoms with Crippen LogP contribution < -0.4 is 5.73 Å². The smallest absolute Gasteiger partial charge is 0.122 e. The first-order chi connectivity index (χ1) is 8.20. The number of aliphatic hydroxyl groups excluding tert-OH is 1. The molecule has 1 aliphatic heterocycles. The largest absolute Gasteiger partial charge is 0.395 e. The monoisotopic (exact) mass is 269 g/mol. The average Bonchev–Trinajstić information content (AvgIpc) is 2.77. The number of aliphatic hydroxyl groups is 1. The Hall–Kier alpha value is -1.10. The fourth-order valence-corrected chi connectivity index (χ4v) is 2.33. The Kier molecular flexibility index (Phi) is 5.59. The molecule has 0 amide bonds. The zero-order valence-electron chi connectivity index (χ0n) is 10.3. The molecule has 1 unspecified atom stereocenters. The summed E-state index contributed by atoms with van der Waals surface area (Å²) in [5, 5.41) is 16.6. The number of hydrogen-bond acceptors (Lipinski definition) is 3. The van der Waals surface area contributed by atoms with Crippen LogP contribution in [0.4, 0.5) is 0 Å². The Morgan fingerprint density at radius 2 is 2.06 bits per heavy atom. The molecule has 0 spiro atoms. The van der Waals surface area contributed by atoms with Crippen LogP contribution in [-0.4, -0.2) is 35.0 Å². The van der Waals surface area contributed by atoms with Crippen molar-refractivity contribution in [2.45, 2.75) is 25.4 Å². The number of nitrogens with two attached hydrogens (primary N) is 1. The van der Waals surface area contributed by atoms with Crippen molar-refractivity contribution in [3.05, 3.63) is 35.4 Å². The predicted octanol–water partition coefficient (Wildman–Crippen LogP) is 1.35. The lowest BCUT2D eigenvalue weighted by molar-refractivity contribution is 0.153. The fourth-order valence-electron chi connectivity index (χ4n) is 2.33.